The molecule has 1 aliphatic rings. The minimum absolute atomic E-state index is 0.135. The molecule has 2 heteroatoms. The molecule has 1 heterocycles. The van der Waals surface area contributed by atoms with Crippen LogP contribution in [-0.2, 0) is 4.74 Å². The number of rotatable bonds is 3. The maximum atomic E-state index is 6.30. The SMILES string of the molecule is c1ccc(C2=N[C@H](c3ccccc3)O[C@H]2c2ccccc2)cc1. The van der Waals surface area contributed by atoms with Crippen LogP contribution in [0.25, 0.3) is 0 Å². The Hall–Kier alpha value is -2.71. The molecule has 2 nitrogen and oxygen atoms in total. The monoisotopic (exact) mass is 299 g/mol. The van der Waals surface area contributed by atoms with Crippen LogP contribution in [0.2, 0.25) is 0 Å². The zero-order chi connectivity index (χ0) is 15.5. The van der Waals surface area contributed by atoms with Gasteiger partial charge in [-0.2, -0.15) is 0 Å². The Kier molecular flexibility index (Phi) is 3.75. The Morgan fingerprint density at radius 1 is 0.609 bits per heavy atom. The first kappa shape index (κ1) is 13.9. The van der Waals surface area contributed by atoms with Crippen LogP contribution >= 0.6 is 0 Å². The highest BCUT2D eigenvalue weighted by Crippen LogP contribution is 2.37. The van der Waals surface area contributed by atoms with E-state index in [9.17, 15) is 0 Å². The maximum Gasteiger partial charge on any atom is 0.175 e. The van der Waals surface area contributed by atoms with Crippen molar-refractivity contribution in [2.75, 3.05) is 0 Å². The van der Waals surface area contributed by atoms with Gasteiger partial charge >= 0.3 is 0 Å². The van der Waals surface area contributed by atoms with Gasteiger partial charge in [-0.1, -0.05) is 91.0 Å². The van der Waals surface area contributed by atoms with Crippen LogP contribution in [0.5, 0.6) is 0 Å². The Balaban J connectivity index is 1.76. The molecule has 2 atom stereocenters. The van der Waals surface area contributed by atoms with Gasteiger partial charge in [0.1, 0.15) is 6.10 Å². The molecule has 112 valence electrons. The van der Waals surface area contributed by atoms with Gasteiger partial charge in [-0.05, 0) is 11.1 Å². The second kappa shape index (κ2) is 6.19. The molecule has 0 saturated heterocycles. The summed E-state index contributed by atoms with van der Waals surface area (Å²) in [6, 6.07) is 30.7. The largest absolute Gasteiger partial charge is 0.338 e. The van der Waals surface area contributed by atoms with E-state index in [4.69, 9.17) is 9.73 Å². The quantitative estimate of drug-likeness (QED) is 0.671. The van der Waals surface area contributed by atoms with Crippen molar-refractivity contribution < 1.29 is 4.74 Å². The lowest BCUT2D eigenvalue weighted by Gasteiger charge is -2.15. The van der Waals surface area contributed by atoms with Crippen molar-refractivity contribution in [1.29, 1.82) is 0 Å². The maximum absolute atomic E-state index is 6.30. The van der Waals surface area contributed by atoms with E-state index in [1.807, 2.05) is 54.6 Å². The van der Waals surface area contributed by atoms with Crippen LogP contribution in [-0.4, -0.2) is 5.71 Å². The van der Waals surface area contributed by atoms with Crippen LogP contribution in [0.1, 0.15) is 29.0 Å². The van der Waals surface area contributed by atoms with Gasteiger partial charge in [0.25, 0.3) is 0 Å². The third-order valence-corrected chi connectivity index (χ3v) is 4.03. The van der Waals surface area contributed by atoms with E-state index in [1.54, 1.807) is 0 Å². The summed E-state index contributed by atoms with van der Waals surface area (Å²) in [5, 5.41) is 0. The third kappa shape index (κ3) is 2.81. The lowest BCUT2D eigenvalue weighted by Crippen LogP contribution is -2.11. The third-order valence-electron chi connectivity index (χ3n) is 4.03. The summed E-state index contributed by atoms with van der Waals surface area (Å²) in [7, 11) is 0. The number of nitrogens with zero attached hydrogens (tertiary/aromatic N) is 1. The summed E-state index contributed by atoms with van der Waals surface area (Å²) in [6.45, 7) is 0. The molecule has 0 spiro atoms. The van der Waals surface area contributed by atoms with Gasteiger partial charge in [0.15, 0.2) is 6.23 Å². The van der Waals surface area contributed by atoms with Gasteiger partial charge in [-0.15, -0.1) is 0 Å². The van der Waals surface area contributed by atoms with Gasteiger partial charge in [-0.3, -0.25) is 4.99 Å². The molecule has 0 aliphatic carbocycles. The number of benzene rings is 3. The van der Waals surface area contributed by atoms with Crippen molar-refractivity contribution in [2.24, 2.45) is 4.99 Å². The molecule has 0 radical (unpaired) electrons. The minimum Gasteiger partial charge on any atom is -0.338 e. The van der Waals surface area contributed by atoms with Crippen LogP contribution in [0, 0.1) is 0 Å². The number of hydrogen-bond donors (Lipinski definition) is 0. The molecule has 4 rings (SSSR count). The van der Waals surface area contributed by atoms with E-state index < -0.39 is 0 Å². The van der Waals surface area contributed by atoms with E-state index >= 15 is 0 Å². The Labute approximate surface area is 136 Å². The molecular formula is C21H17NO. The van der Waals surface area contributed by atoms with Crippen molar-refractivity contribution in [2.45, 2.75) is 12.3 Å². The molecule has 0 aromatic heterocycles. The standard InChI is InChI=1S/C21H17NO/c1-4-10-16(11-5-1)19-20(17-12-6-2-7-13-17)23-21(22-19)18-14-8-3-9-15-18/h1-15,20-21H/t20-,21-/m0/s1. The van der Waals surface area contributed by atoms with Crippen LogP contribution < -0.4 is 0 Å². The van der Waals surface area contributed by atoms with Crippen LogP contribution in [0.3, 0.4) is 0 Å². The fraction of sp³-hybridized carbons (Fsp3) is 0.0952. The summed E-state index contributed by atoms with van der Waals surface area (Å²) in [5.41, 5.74) is 4.32. The zero-order valence-corrected chi connectivity index (χ0v) is 12.7. The highest BCUT2D eigenvalue weighted by atomic mass is 16.5. The topological polar surface area (TPSA) is 21.6 Å². The first-order valence-corrected chi connectivity index (χ1v) is 7.80. The van der Waals surface area contributed by atoms with Crippen molar-refractivity contribution in [3.05, 3.63) is 108 Å². The van der Waals surface area contributed by atoms with Gasteiger partial charge in [0.05, 0.1) is 5.71 Å². The number of ether oxygens (including phenoxy) is 1. The van der Waals surface area contributed by atoms with E-state index in [1.165, 1.54) is 0 Å². The van der Waals surface area contributed by atoms with Crippen molar-refractivity contribution >= 4 is 5.71 Å². The minimum atomic E-state index is -0.253. The normalized spacial score (nSPS) is 20.3. The van der Waals surface area contributed by atoms with Gasteiger partial charge in [0, 0.05) is 5.56 Å². The van der Waals surface area contributed by atoms with E-state index in [0.717, 1.165) is 22.4 Å². The summed E-state index contributed by atoms with van der Waals surface area (Å²) in [6.07, 6.45) is -0.389. The van der Waals surface area contributed by atoms with Gasteiger partial charge < -0.3 is 4.74 Å². The summed E-state index contributed by atoms with van der Waals surface area (Å²) in [5.74, 6) is 0. The molecule has 0 bridgehead atoms. The molecule has 0 amide bonds. The molecule has 0 N–H and O–H groups in total. The molecule has 3 aromatic rings. The number of hydrogen-bond acceptors (Lipinski definition) is 2. The van der Waals surface area contributed by atoms with Crippen molar-refractivity contribution in [3.8, 4) is 0 Å². The van der Waals surface area contributed by atoms with Crippen molar-refractivity contribution in [3.63, 3.8) is 0 Å². The zero-order valence-electron chi connectivity index (χ0n) is 12.7. The van der Waals surface area contributed by atoms with E-state index in [2.05, 4.69) is 36.4 Å². The number of aliphatic imine (C=N–C) groups is 1. The first-order chi connectivity index (χ1) is 11.4. The molecule has 0 saturated carbocycles. The lowest BCUT2D eigenvalue weighted by molar-refractivity contribution is 0.0496. The summed E-state index contributed by atoms with van der Waals surface area (Å²) >= 11 is 0. The van der Waals surface area contributed by atoms with E-state index in [-0.39, 0.29) is 12.3 Å². The molecule has 0 fully saturated rings. The van der Waals surface area contributed by atoms with Gasteiger partial charge in [0.2, 0.25) is 0 Å². The highest BCUT2D eigenvalue weighted by molar-refractivity contribution is 6.05. The summed E-state index contributed by atoms with van der Waals surface area (Å²) < 4.78 is 6.30. The Bertz CT molecular complexity index is 797. The summed E-state index contributed by atoms with van der Waals surface area (Å²) in [4.78, 5) is 4.88. The molecular weight excluding hydrogens is 282 g/mol. The Morgan fingerprint density at radius 2 is 1.13 bits per heavy atom. The lowest BCUT2D eigenvalue weighted by atomic mass is 9.99. The van der Waals surface area contributed by atoms with E-state index in [0.29, 0.717) is 0 Å². The predicted molar refractivity (Wildman–Crippen MR) is 92.4 cm³/mol. The fourth-order valence-corrected chi connectivity index (χ4v) is 2.89. The highest BCUT2D eigenvalue weighted by Gasteiger charge is 2.31. The average molecular weight is 299 g/mol. The molecule has 3 aromatic carbocycles. The predicted octanol–water partition coefficient (Wildman–Crippen LogP) is 4.95. The second-order valence-corrected chi connectivity index (χ2v) is 5.57. The molecule has 0 unspecified atom stereocenters. The van der Waals surface area contributed by atoms with Gasteiger partial charge in [-0.25, -0.2) is 0 Å². The second-order valence-electron chi connectivity index (χ2n) is 5.57. The first-order valence-electron chi connectivity index (χ1n) is 7.80. The molecule has 1 aliphatic heterocycles. The van der Waals surface area contributed by atoms with Crippen molar-refractivity contribution in [1.82, 2.24) is 0 Å². The average Bonchev–Trinajstić information content (AvgIpc) is 3.09. The van der Waals surface area contributed by atoms with Crippen LogP contribution in [0.15, 0.2) is 96.0 Å². The molecule has 23 heavy (non-hydrogen) atoms. The van der Waals surface area contributed by atoms with Crippen LogP contribution in [0.4, 0.5) is 0 Å². The fourth-order valence-electron chi connectivity index (χ4n) is 2.89. The Morgan fingerprint density at radius 3 is 1.74 bits per heavy atom. The smallest absolute Gasteiger partial charge is 0.175 e.